The maximum absolute atomic E-state index is 13.0. The average Bonchev–Trinajstić information content (AvgIpc) is 3.44. The van der Waals surface area contributed by atoms with E-state index in [0.717, 1.165) is 37.7 Å². The molecule has 2 saturated carbocycles. The lowest BCUT2D eigenvalue weighted by Crippen LogP contribution is -2.45. The largest absolute Gasteiger partial charge is 0.481 e. The number of carbonyl (C=O) groups excluding carboxylic acids is 1. The van der Waals surface area contributed by atoms with E-state index in [1.54, 1.807) is 0 Å². The summed E-state index contributed by atoms with van der Waals surface area (Å²) in [6.45, 7) is 1.38. The fourth-order valence-corrected chi connectivity index (χ4v) is 4.35. The van der Waals surface area contributed by atoms with Gasteiger partial charge in [-0.05, 0) is 55.2 Å². The fourth-order valence-electron chi connectivity index (χ4n) is 4.23. The Morgan fingerprint density at radius 1 is 1.09 bits per heavy atom. The maximum Gasteiger partial charge on any atom is 0.307 e. The smallest absolute Gasteiger partial charge is 0.307 e. The fraction of sp³-hybridized carbons (Fsp3) is 0.556. The predicted molar refractivity (Wildman–Crippen MR) is 86.4 cm³/mol. The van der Waals surface area contributed by atoms with Gasteiger partial charge in [0.2, 0.25) is 5.91 Å². The summed E-state index contributed by atoms with van der Waals surface area (Å²) < 4.78 is 0. The van der Waals surface area contributed by atoms with E-state index in [0.29, 0.717) is 18.1 Å². The molecule has 4 rings (SSSR count). The Bertz CT molecular complexity index is 657. The van der Waals surface area contributed by atoms with Gasteiger partial charge < -0.3 is 10.0 Å². The van der Waals surface area contributed by atoms with Crippen molar-refractivity contribution in [2.75, 3.05) is 13.1 Å². The minimum absolute atomic E-state index is 0.0282. The Hall–Kier alpha value is -1.55. The van der Waals surface area contributed by atoms with Gasteiger partial charge >= 0.3 is 5.97 Å². The number of halogens is 1. The summed E-state index contributed by atoms with van der Waals surface area (Å²) in [6.07, 6.45) is 4.23. The number of carbonyl (C=O) groups is 2. The van der Waals surface area contributed by atoms with E-state index in [1.807, 2.05) is 29.2 Å². The normalized spacial score (nSPS) is 26.8. The highest BCUT2D eigenvalue weighted by Gasteiger charge is 2.60. The van der Waals surface area contributed by atoms with Crippen LogP contribution in [0.25, 0.3) is 0 Å². The molecular weight excluding hydrogens is 314 g/mol. The first-order valence-electron chi connectivity index (χ1n) is 8.25. The molecule has 1 aliphatic heterocycles. The van der Waals surface area contributed by atoms with Crippen LogP contribution in [0.1, 0.15) is 37.7 Å². The summed E-state index contributed by atoms with van der Waals surface area (Å²) in [6, 6.07) is 7.61. The second-order valence-electron chi connectivity index (χ2n) is 7.34. The summed E-state index contributed by atoms with van der Waals surface area (Å²) in [5.74, 6) is -0.655. The highest BCUT2D eigenvalue weighted by Crippen LogP contribution is 2.60. The van der Waals surface area contributed by atoms with Gasteiger partial charge in [-0.1, -0.05) is 23.7 Å². The maximum atomic E-state index is 13.0. The minimum Gasteiger partial charge on any atom is -0.481 e. The molecule has 1 atom stereocenters. The van der Waals surface area contributed by atoms with Crippen molar-refractivity contribution in [1.29, 1.82) is 0 Å². The van der Waals surface area contributed by atoms with Crippen LogP contribution < -0.4 is 0 Å². The highest BCUT2D eigenvalue weighted by molar-refractivity contribution is 6.30. The van der Waals surface area contributed by atoms with Gasteiger partial charge in [0.1, 0.15) is 0 Å². The SMILES string of the molecule is O=C(O)C1CC12CCN(C(=O)C1(c3ccc(Cl)cc3)CC1)CC2. The van der Waals surface area contributed by atoms with Crippen LogP contribution in [0, 0.1) is 11.3 Å². The van der Waals surface area contributed by atoms with E-state index in [-0.39, 0.29) is 22.7 Å². The number of rotatable bonds is 3. The number of nitrogens with zero attached hydrogens (tertiary/aromatic N) is 1. The quantitative estimate of drug-likeness (QED) is 0.924. The number of hydrogen-bond donors (Lipinski definition) is 1. The highest BCUT2D eigenvalue weighted by atomic mass is 35.5. The standard InChI is InChI=1S/C18H20ClNO3/c19-13-3-1-12(2-4-13)18(5-6-18)16(23)20-9-7-17(8-10-20)11-14(17)15(21)22/h1-4,14H,5-11H2,(H,21,22). The summed E-state index contributed by atoms with van der Waals surface area (Å²) in [4.78, 5) is 26.1. The first-order valence-corrected chi connectivity index (χ1v) is 8.63. The molecule has 3 aliphatic rings. The first kappa shape index (κ1) is 15.0. The van der Waals surface area contributed by atoms with Crippen molar-refractivity contribution in [2.24, 2.45) is 11.3 Å². The van der Waals surface area contributed by atoms with E-state index in [1.165, 1.54) is 0 Å². The van der Waals surface area contributed by atoms with Gasteiger partial charge in [-0.3, -0.25) is 9.59 Å². The Labute approximate surface area is 140 Å². The van der Waals surface area contributed by atoms with Crippen molar-refractivity contribution in [3.63, 3.8) is 0 Å². The first-order chi connectivity index (χ1) is 11.0. The number of amides is 1. The van der Waals surface area contributed by atoms with Crippen molar-refractivity contribution in [1.82, 2.24) is 4.90 Å². The zero-order chi connectivity index (χ0) is 16.2. The Kier molecular flexibility index (Phi) is 3.24. The average molecular weight is 334 g/mol. The summed E-state index contributed by atoms with van der Waals surface area (Å²) >= 11 is 5.94. The number of carboxylic acids is 1. The van der Waals surface area contributed by atoms with Gasteiger partial charge in [0.05, 0.1) is 11.3 Å². The van der Waals surface area contributed by atoms with Crippen molar-refractivity contribution in [3.8, 4) is 0 Å². The Morgan fingerprint density at radius 2 is 1.70 bits per heavy atom. The molecule has 1 heterocycles. The molecule has 1 unspecified atom stereocenters. The van der Waals surface area contributed by atoms with Crippen molar-refractivity contribution in [2.45, 2.75) is 37.5 Å². The summed E-state index contributed by atoms with van der Waals surface area (Å²) in [7, 11) is 0. The van der Waals surface area contributed by atoms with Gasteiger partial charge in [-0.2, -0.15) is 0 Å². The van der Waals surface area contributed by atoms with Crippen LogP contribution in [0.4, 0.5) is 0 Å². The lowest BCUT2D eigenvalue weighted by molar-refractivity contribution is -0.140. The van der Waals surface area contributed by atoms with Crippen LogP contribution in [0.15, 0.2) is 24.3 Å². The molecule has 122 valence electrons. The van der Waals surface area contributed by atoms with E-state index in [4.69, 9.17) is 16.7 Å². The number of piperidine rings is 1. The molecule has 1 N–H and O–H groups in total. The molecule has 5 heteroatoms. The molecule has 1 aromatic rings. The van der Waals surface area contributed by atoms with Crippen LogP contribution in [-0.4, -0.2) is 35.0 Å². The molecule has 2 aliphatic carbocycles. The van der Waals surface area contributed by atoms with Gasteiger partial charge in [-0.25, -0.2) is 0 Å². The molecule has 1 aromatic carbocycles. The molecule has 1 saturated heterocycles. The molecule has 23 heavy (non-hydrogen) atoms. The predicted octanol–water partition coefficient (Wildman–Crippen LogP) is 3.08. The lowest BCUT2D eigenvalue weighted by atomic mass is 9.88. The number of carboxylic acid groups (broad SMARTS) is 1. The third-order valence-corrected chi connectivity index (χ3v) is 6.34. The van der Waals surface area contributed by atoms with E-state index >= 15 is 0 Å². The van der Waals surface area contributed by atoms with Crippen LogP contribution in [0.5, 0.6) is 0 Å². The molecule has 4 nitrogen and oxygen atoms in total. The van der Waals surface area contributed by atoms with Crippen molar-refractivity contribution in [3.05, 3.63) is 34.9 Å². The topological polar surface area (TPSA) is 57.6 Å². The van der Waals surface area contributed by atoms with E-state index < -0.39 is 5.97 Å². The Morgan fingerprint density at radius 3 is 2.17 bits per heavy atom. The third kappa shape index (κ3) is 2.35. The number of benzene rings is 1. The Balaban J connectivity index is 1.45. The van der Waals surface area contributed by atoms with Crippen LogP contribution in [-0.2, 0) is 15.0 Å². The van der Waals surface area contributed by atoms with Gasteiger partial charge in [-0.15, -0.1) is 0 Å². The minimum atomic E-state index is -0.676. The second-order valence-corrected chi connectivity index (χ2v) is 7.77. The van der Waals surface area contributed by atoms with Crippen molar-refractivity contribution < 1.29 is 14.7 Å². The van der Waals surface area contributed by atoms with Gasteiger partial charge in [0.25, 0.3) is 0 Å². The monoisotopic (exact) mass is 333 g/mol. The van der Waals surface area contributed by atoms with Crippen molar-refractivity contribution >= 4 is 23.5 Å². The zero-order valence-electron chi connectivity index (χ0n) is 12.9. The second kappa shape index (κ2) is 4.97. The number of likely N-dealkylation sites (tertiary alicyclic amines) is 1. The third-order valence-electron chi connectivity index (χ3n) is 6.09. The summed E-state index contributed by atoms with van der Waals surface area (Å²) in [5, 5.41) is 9.85. The zero-order valence-corrected chi connectivity index (χ0v) is 13.7. The molecule has 1 spiro atoms. The van der Waals surface area contributed by atoms with E-state index in [2.05, 4.69) is 0 Å². The summed E-state index contributed by atoms with van der Waals surface area (Å²) in [5.41, 5.74) is 0.673. The van der Waals surface area contributed by atoms with Gasteiger partial charge in [0, 0.05) is 18.1 Å². The van der Waals surface area contributed by atoms with Gasteiger partial charge in [0.15, 0.2) is 0 Å². The molecule has 0 bridgehead atoms. The van der Waals surface area contributed by atoms with Crippen LogP contribution in [0.2, 0.25) is 5.02 Å². The molecular formula is C18H20ClNO3. The molecule has 1 amide bonds. The number of hydrogen-bond acceptors (Lipinski definition) is 2. The van der Waals surface area contributed by atoms with Crippen LogP contribution in [0.3, 0.4) is 0 Å². The number of aliphatic carboxylic acids is 1. The molecule has 0 radical (unpaired) electrons. The molecule has 3 fully saturated rings. The lowest BCUT2D eigenvalue weighted by Gasteiger charge is -2.35. The molecule has 0 aromatic heterocycles. The van der Waals surface area contributed by atoms with E-state index in [9.17, 15) is 9.59 Å². The van der Waals surface area contributed by atoms with Crippen LogP contribution >= 0.6 is 11.6 Å².